The van der Waals surface area contributed by atoms with E-state index in [1.807, 2.05) is 13.0 Å². The number of hydrogen-bond acceptors (Lipinski definition) is 5. The van der Waals surface area contributed by atoms with E-state index < -0.39 is 36.2 Å². The minimum absolute atomic E-state index is 0.0813. The molecule has 1 aliphatic rings. The first kappa shape index (κ1) is 24.0. The predicted molar refractivity (Wildman–Crippen MR) is 122 cm³/mol. The average molecular weight is 543 g/mol. The first-order valence-electron chi connectivity index (χ1n) is 9.43. The Bertz CT molecular complexity index is 1100. The zero-order chi connectivity index (χ0) is 23.4. The summed E-state index contributed by atoms with van der Waals surface area (Å²) in [6, 6.07) is 9.67. The van der Waals surface area contributed by atoms with Crippen LogP contribution in [0.2, 0.25) is 10.0 Å². The van der Waals surface area contributed by atoms with E-state index in [2.05, 4.69) is 26.7 Å². The van der Waals surface area contributed by atoms with Gasteiger partial charge in [0.2, 0.25) is 5.91 Å². The summed E-state index contributed by atoms with van der Waals surface area (Å²) >= 11 is 15.2. The average Bonchev–Trinajstić information content (AvgIpc) is 3.08. The Morgan fingerprint density at radius 1 is 1.19 bits per heavy atom. The van der Waals surface area contributed by atoms with Crippen LogP contribution in [0.25, 0.3) is 0 Å². The van der Waals surface area contributed by atoms with Gasteiger partial charge < -0.3 is 10.1 Å². The molecule has 0 unspecified atom stereocenters. The van der Waals surface area contributed by atoms with Crippen molar-refractivity contribution in [3.63, 3.8) is 0 Å². The minimum Gasteiger partial charge on any atom is -0.455 e. The van der Waals surface area contributed by atoms with Crippen LogP contribution in [0.1, 0.15) is 22.3 Å². The Morgan fingerprint density at radius 2 is 1.94 bits per heavy atom. The Balaban J connectivity index is 1.51. The Hall–Kier alpha value is -2.62. The highest BCUT2D eigenvalue weighted by Gasteiger charge is 2.37. The smallest absolute Gasteiger partial charge is 0.311 e. The number of benzene rings is 2. The van der Waals surface area contributed by atoms with Crippen LogP contribution in [0, 0.1) is 12.8 Å². The van der Waals surface area contributed by atoms with Crippen molar-refractivity contribution in [1.29, 1.82) is 0 Å². The quantitative estimate of drug-likeness (QED) is 0.541. The van der Waals surface area contributed by atoms with Crippen LogP contribution in [0.4, 0.5) is 5.69 Å². The van der Waals surface area contributed by atoms with Crippen LogP contribution in [-0.2, 0) is 19.1 Å². The third-order valence-electron chi connectivity index (χ3n) is 4.68. The van der Waals surface area contributed by atoms with Gasteiger partial charge in [0.15, 0.2) is 6.61 Å². The fourth-order valence-electron chi connectivity index (χ4n) is 3.04. The molecular formula is C21H18BrCl2N3O5. The van der Waals surface area contributed by atoms with Gasteiger partial charge in [0.05, 0.1) is 23.0 Å². The topological polar surface area (TPSA) is 105 Å². The molecule has 1 atom stereocenters. The molecule has 8 nitrogen and oxygen atoms in total. The number of hydrazine groups is 1. The fraction of sp³-hybridized carbons (Fsp3) is 0.238. The second-order valence-electron chi connectivity index (χ2n) is 7.09. The second-order valence-corrected chi connectivity index (χ2v) is 8.84. The first-order chi connectivity index (χ1) is 15.1. The molecule has 0 aromatic heterocycles. The molecule has 1 heterocycles. The summed E-state index contributed by atoms with van der Waals surface area (Å²) in [6.45, 7) is 1.25. The lowest BCUT2D eigenvalue weighted by atomic mass is 10.1. The summed E-state index contributed by atoms with van der Waals surface area (Å²) in [5.41, 5.74) is 4.00. The zero-order valence-electron chi connectivity index (χ0n) is 16.8. The third kappa shape index (κ3) is 5.99. The van der Waals surface area contributed by atoms with Gasteiger partial charge in [-0.3, -0.25) is 29.6 Å². The number of hydrogen-bond donors (Lipinski definition) is 2. The maximum Gasteiger partial charge on any atom is 0.311 e. The standard InChI is InChI=1S/C21H18BrCl2N3O5/c1-11-6-13(22)2-5-17(11)25-18(28)10-32-21(31)12-7-19(29)27(9-12)26-20(30)15-4-3-14(23)8-16(15)24/h2-6,8,12H,7,9-10H2,1H3,(H,25,28)(H,26,30)/t12-/m1/s1. The first-order valence-corrected chi connectivity index (χ1v) is 11.0. The van der Waals surface area contributed by atoms with Gasteiger partial charge in [0.1, 0.15) is 0 Å². The SMILES string of the molecule is Cc1cc(Br)ccc1NC(=O)COC(=O)[C@@H]1CC(=O)N(NC(=O)c2ccc(Cl)cc2Cl)C1. The van der Waals surface area contributed by atoms with Crippen molar-refractivity contribution < 1.29 is 23.9 Å². The molecule has 0 radical (unpaired) electrons. The van der Waals surface area contributed by atoms with E-state index >= 15 is 0 Å². The molecule has 1 fully saturated rings. The van der Waals surface area contributed by atoms with Crippen LogP contribution in [0.15, 0.2) is 40.9 Å². The number of nitrogens with zero attached hydrogens (tertiary/aromatic N) is 1. The molecule has 2 aromatic carbocycles. The number of carbonyl (C=O) groups is 4. The summed E-state index contributed by atoms with van der Waals surface area (Å²) in [5.74, 6) is -3.10. The molecule has 3 rings (SSSR count). The van der Waals surface area contributed by atoms with E-state index in [4.69, 9.17) is 27.9 Å². The molecule has 0 aliphatic carbocycles. The van der Waals surface area contributed by atoms with Crippen molar-refractivity contribution in [2.45, 2.75) is 13.3 Å². The monoisotopic (exact) mass is 541 g/mol. The van der Waals surface area contributed by atoms with E-state index in [0.29, 0.717) is 10.7 Å². The number of rotatable bonds is 6. The van der Waals surface area contributed by atoms with Crippen molar-refractivity contribution in [3.8, 4) is 0 Å². The molecule has 32 heavy (non-hydrogen) atoms. The molecule has 2 N–H and O–H groups in total. The van der Waals surface area contributed by atoms with Crippen molar-refractivity contribution in [2.75, 3.05) is 18.5 Å². The zero-order valence-corrected chi connectivity index (χ0v) is 19.9. The molecule has 0 saturated carbocycles. The highest BCUT2D eigenvalue weighted by Crippen LogP contribution is 2.23. The number of carbonyl (C=O) groups excluding carboxylic acids is 4. The number of anilines is 1. The van der Waals surface area contributed by atoms with Crippen molar-refractivity contribution >= 4 is 68.5 Å². The molecule has 3 amide bonds. The van der Waals surface area contributed by atoms with Crippen molar-refractivity contribution in [1.82, 2.24) is 10.4 Å². The molecule has 1 saturated heterocycles. The van der Waals surface area contributed by atoms with Gasteiger partial charge in [-0.15, -0.1) is 0 Å². The highest BCUT2D eigenvalue weighted by molar-refractivity contribution is 9.10. The molecule has 2 aromatic rings. The number of esters is 1. The predicted octanol–water partition coefficient (Wildman–Crippen LogP) is 3.74. The maximum atomic E-state index is 12.4. The molecule has 11 heteroatoms. The van der Waals surface area contributed by atoms with E-state index in [1.165, 1.54) is 18.2 Å². The van der Waals surface area contributed by atoms with Crippen LogP contribution >= 0.6 is 39.1 Å². The number of nitrogens with one attached hydrogen (secondary N) is 2. The highest BCUT2D eigenvalue weighted by atomic mass is 79.9. The molecule has 0 spiro atoms. The van der Waals surface area contributed by atoms with E-state index in [9.17, 15) is 19.2 Å². The van der Waals surface area contributed by atoms with E-state index in [0.717, 1.165) is 15.0 Å². The number of aryl methyl sites for hydroxylation is 1. The lowest BCUT2D eigenvalue weighted by molar-refractivity contribution is -0.151. The summed E-state index contributed by atoms with van der Waals surface area (Å²) < 4.78 is 5.93. The Labute approximate surface area is 202 Å². The third-order valence-corrected chi connectivity index (χ3v) is 5.72. The van der Waals surface area contributed by atoms with Gasteiger partial charge in [0, 0.05) is 21.6 Å². The summed E-state index contributed by atoms with van der Waals surface area (Å²) in [7, 11) is 0. The van der Waals surface area contributed by atoms with Gasteiger partial charge in [-0.2, -0.15) is 0 Å². The van der Waals surface area contributed by atoms with Crippen LogP contribution in [0.5, 0.6) is 0 Å². The summed E-state index contributed by atoms with van der Waals surface area (Å²) in [4.78, 5) is 49.0. The normalized spacial score (nSPS) is 15.4. The summed E-state index contributed by atoms with van der Waals surface area (Å²) in [6.07, 6.45) is -0.152. The lowest BCUT2D eigenvalue weighted by Crippen LogP contribution is -2.43. The minimum atomic E-state index is -0.814. The Morgan fingerprint density at radius 3 is 2.62 bits per heavy atom. The van der Waals surface area contributed by atoms with Crippen LogP contribution < -0.4 is 10.7 Å². The van der Waals surface area contributed by atoms with Gasteiger partial charge in [-0.05, 0) is 48.9 Å². The van der Waals surface area contributed by atoms with E-state index in [1.54, 1.807) is 12.1 Å². The summed E-state index contributed by atoms with van der Waals surface area (Å²) in [5, 5.41) is 4.19. The van der Waals surface area contributed by atoms with Gasteiger partial charge in [0.25, 0.3) is 11.8 Å². The molecule has 168 valence electrons. The van der Waals surface area contributed by atoms with Gasteiger partial charge in [-0.25, -0.2) is 0 Å². The maximum absolute atomic E-state index is 12.4. The lowest BCUT2D eigenvalue weighted by Gasteiger charge is -2.18. The van der Waals surface area contributed by atoms with E-state index in [-0.39, 0.29) is 23.6 Å². The molecular weight excluding hydrogens is 525 g/mol. The Kier molecular flexibility index (Phi) is 7.76. The van der Waals surface area contributed by atoms with Crippen molar-refractivity contribution in [2.24, 2.45) is 5.92 Å². The van der Waals surface area contributed by atoms with Crippen LogP contribution in [-0.4, -0.2) is 41.9 Å². The molecule has 1 aliphatic heterocycles. The second kappa shape index (κ2) is 10.3. The number of amides is 3. The van der Waals surface area contributed by atoms with Crippen molar-refractivity contribution in [3.05, 3.63) is 62.0 Å². The molecule has 0 bridgehead atoms. The van der Waals surface area contributed by atoms with Gasteiger partial charge >= 0.3 is 5.97 Å². The van der Waals surface area contributed by atoms with Gasteiger partial charge in [-0.1, -0.05) is 39.1 Å². The number of ether oxygens (including phenoxy) is 1. The largest absolute Gasteiger partial charge is 0.455 e. The number of halogens is 3. The van der Waals surface area contributed by atoms with Crippen LogP contribution in [0.3, 0.4) is 0 Å². The fourth-order valence-corrected chi connectivity index (χ4v) is 4.01.